The van der Waals surface area contributed by atoms with Gasteiger partial charge in [-0.2, -0.15) is 0 Å². The number of hydrogen-bond donors (Lipinski definition) is 0. The Morgan fingerprint density at radius 3 is 2.50 bits per heavy atom. The van der Waals surface area contributed by atoms with E-state index >= 15 is 0 Å². The Hall–Kier alpha value is -2.66. The van der Waals surface area contributed by atoms with Crippen molar-refractivity contribution in [1.29, 1.82) is 0 Å². The van der Waals surface area contributed by atoms with E-state index in [1.54, 1.807) is 4.90 Å². The second-order valence-electron chi connectivity index (χ2n) is 7.60. The fourth-order valence-corrected chi connectivity index (χ4v) is 3.96. The Morgan fingerprint density at radius 1 is 1.13 bits per heavy atom. The molecule has 2 heterocycles. The van der Waals surface area contributed by atoms with Crippen molar-refractivity contribution in [3.63, 3.8) is 0 Å². The molecular formula is C24H26ClFN2O2. The van der Waals surface area contributed by atoms with Gasteiger partial charge in [0.1, 0.15) is 11.9 Å². The average Bonchev–Trinajstić information content (AvgIpc) is 2.75. The number of carbonyl (C=O) groups is 1. The molecule has 0 saturated carbocycles. The number of aromatic nitrogens is 1. The van der Waals surface area contributed by atoms with Gasteiger partial charge in [-0.3, -0.25) is 9.78 Å². The monoisotopic (exact) mass is 428 g/mol. The van der Waals surface area contributed by atoms with Gasteiger partial charge in [0.2, 0.25) is 0 Å². The Bertz CT molecular complexity index is 1020. The molecule has 1 unspecified atom stereocenters. The van der Waals surface area contributed by atoms with Crippen LogP contribution < -0.4 is 4.74 Å². The van der Waals surface area contributed by atoms with Gasteiger partial charge in [-0.1, -0.05) is 30.3 Å². The van der Waals surface area contributed by atoms with Crippen LogP contribution in [0.4, 0.5) is 4.39 Å². The zero-order valence-corrected chi connectivity index (χ0v) is 18.0. The Labute approximate surface area is 182 Å². The van der Waals surface area contributed by atoms with E-state index < -0.39 is 12.1 Å². The number of halogens is 2. The van der Waals surface area contributed by atoms with E-state index in [0.717, 1.165) is 46.2 Å². The van der Waals surface area contributed by atoms with Crippen molar-refractivity contribution in [2.24, 2.45) is 0 Å². The van der Waals surface area contributed by atoms with Crippen LogP contribution in [-0.4, -0.2) is 41.2 Å². The van der Waals surface area contributed by atoms with Crippen LogP contribution in [0.15, 0.2) is 54.7 Å². The largest absolute Gasteiger partial charge is 0.490 e. The van der Waals surface area contributed by atoms with Crippen LogP contribution >= 0.6 is 12.4 Å². The standard InChI is InChI=1S/C24H25FN2O2.ClH/c1-16-22(10-7-19-4-3-13-26-23(16)19)18-5-8-20(9-6-18)29-21-11-14-27(15-12-21)24(28)17(2)25;/h3-10,13,17,21H,11-12,14-15H2,1-2H3;1H. The Kier molecular flexibility index (Phi) is 6.93. The maximum absolute atomic E-state index is 13.2. The first-order chi connectivity index (χ1) is 14.0. The third-order valence-corrected chi connectivity index (χ3v) is 5.59. The molecule has 0 radical (unpaired) electrons. The van der Waals surface area contributed by atoms with Crippen molar-refractivity contribution in [3.8, 4) is 16.9 Å². The molecule has 1 saturated heterocycles. The number of hydrogen-bond acceptors (Lipinski definition) is 3. The van der Waals surface area contributed by atoms with Gasteiger partial charge in [-0.25, -0.2) is 4.39 Å². The molecule has 1 amide bonds. The molecule has 2 aromatic carbocycles. The molecule has 0 N–H and O–H groups in total. The number of nitrogens with zero attached hydrogens (tertiary/aromatic N) is 2. The van der Waals surface area contributed by atoms with Crippen LogP contribution in [0, 0.1) is 6.92 Å². The summed E-state index contributed by atoms with van der Waals surface area (Å²) in [4.78, 5) is 17.9. The summed E-state index contributed by atoms with van der Waals surface area (Å²) < 4.78 is 19.3. The van der Waals surface area contributed by atoms with Crippen LogP contribution in [0.2, 0.25) is 0 Å². The lowest BCUT2D eigenvalue weighted by Gasteiger charge is -2.32. The maximum Gasteiger partial charge on any atom is 0.256 e. The van der Waals surface area contributed by atoms with Gasteiger partial charge >= 0.3 is 0 Å². The molecule has 0 bridgehead atoms. The number of likely N-dealkylation sites (tertiary alicyclic amines) is 1. The fraction of sp³-hybridized carbons (Fsp3) is 0.333. The third-order valence-electron chi connectivity index (χ3n) is 5.59. The summed E-state index contributed by atoms with van der Waals surface area (Å²) in [6.07, 6.45) is 1.87. The van der Waals surface area contributed by atoms with E-state index in [-0.39, 0.29) is 18.5 Å². The topological polar surface area (TPSA) is 42.4 Å². The Morgan fingerprint density at radius 2 is 1.83 bits per heavy atom. The van der Waals surface area contributed by atoms with Gasteiger partial charge in [0.05, 0.1) is 5.52 Å². The smallest absolute Gasteiger partial charge is 0.256 e. The van der Waals surface area contributed by atoms with Gasteiger partial charge < -0.3 is 9.64 Å². The lowest BCUT2D eigenvalue weighted by molar-refractivity contribution is -0.137. The minimum absolute atomic E-state index is 0. The predicted octanol–water partition coefficient (Wildman–Crippen LogP) is 5.36. The van der Waals surface area contributed by atoms with E-state index in [0.29, 0.717) is 13.1 Å². The summed E-state index contributed by atoms with van der Waals surface area (Å²) in [6.45, 7) is 4.47. The van der Waals surface area contributed by atoms with Gasteiger partial charge in [0, 0.05) is 37.5 Å². The van der Waals surface area contributed by atoms with Crippen LogP contribution in [0.5, 0.6) is 5.75 Å². The maximum atomic E-state index is 13.2. The van der Waals surface area contributed by atoms with Gasteiger partial charge in [0.25, 0.3) is 5.91 Å². The second kappa shape index (κ2) is 9.43. The van der Waals surface area contributed by atoms with Crippen molar-refractivity contribution in [2.45, 2.75) is 39.0 Å². The molecule has 30 heavy (non-hydrogen) atoms. The quantitative estimate of drug-likeness (QED) is 0.561. The summed E-state index contributed by atoms with van der Waals surface area (Å²) in [5, 5.41) is 1.14. The molecule has 0 aliphatic carbocycles. The third kappa shape index (κ3) is 4.57. The Balaban J connectivity index is 0.00000256. The molecule has 3 aromatic rings. The molecule has 1 aromatic heterocycles. The normalized spacial score (nSPS) is 15.5. The van der Waals surface area contributed by atoms with Crippen molar-refractivity contribution >= 4 is 29.2 Å². The number of carbonyl (C=O) groups excluding carboxylic acids is 1. The fourth-order valence-electron chi connectivity index (χ4n) is 3.96. The van der Waals surface area contributed by atoms with Crippen molar-refractivity contribution in [1.82, 2.24) is 9.88 Å². The highest BCUT2D eigenvalue weighted by Crippen LogP contribution is 2.30. The minimum atomic E-state index is -1.44. The van der Waals surface area contributed by atoms with Crippen LogP contribution in [0.25, 0.3) is 22.0 Å². The SMILES string of the molecule is Cc1c(-c2ccc(OC3CCN(C(=O)C(C)F)CC3)cc2)ccc2cccnc12.Cl. The van der Waals surface area contributed by atoms with Crippen molar-refractivity contribution in [2.75, 3.05) is 13.1 Å². The molecular weight excluding hydrogens is 403 g/mol. The van der Waals surface area contributed by atoms with Gasteiger partial charge in [-0.15, -0.1) is 12.4 Å². The second-order valence-corrected chi connectivity index (χ2v) is 7.60. The summed E-state index contributed by atoms with van der Waals surface area (Å²) in [7, 11) is 0. The average molecular weight is 429 g/mol. The molecule has 1 fully saturated rings. The molecule has 0 spiro atoms. The van der Waals surface area contributed by atoms with E-state index in [9.17, 15) is 9.18 Å². The number of ether oxygens (including phenoxy) is 1. The molecule has 6 heteroatoms. The highest BCUT2D eigenvalue weighted by Gasteiger charge is 2.26. The first kappa shape index (κ1) is 22.0. The first-order valence-corrected chi connectivity index (χ1v) is 10.1. The summed E-state index contributed by atoms with van der Waals surface area (Å²) in [6, 6.07) is 16.4. The van der Waals surface area contributed by atoms with E-state index in [2.05, 4.69) is 42.2 Å². The lowest BCUT2D eigenvalue weighted by Crippen LogP contribution is -2.44. The highest BCUT2D eigenvalue weighted by atomic mass is 35.5. The molecule has 4 rings (SSSR count). The number of benzene rings is 2. The number of piperidine rings is 1. The van der Waals surface area contributed by atoms with Crippen LogP contribution in [0.1, 0.15) is 25.3 Å². The number of pyridine rings is 1. The van der Waals surface area contributed by atoms with E-state index in [1.807, 2.05) is 24.4 Å². The number of alkyl halides is 1. The first-order valence-electron chi connectivity index (χ1n) is 10.1. The lowest BCUT2D eigenvalue weighted by atomic mass is 9.98. The molecule has 1 aliphatic heterocycles. The number of aryl methyl sites for hydroxylation is 1. The zero-order valence-electron chi connectivity index (χ0n) is 17.2. The predicted molar refractivity (Wildman–Crippen MR) is 120 cm³/mol. The van der Waals surface area contributed by atoms with E-state index in [4.69, 9.17) is 4.74 Å². The molecule has 158 valence electrons. The van der Waals surface area contributed by atoms with Crippen molar-refractivity contribution < 1.29 is 13.9 Å². The number of rotatable bonds is 4. The summed E-state index contributed by atoms with van der Waals surface area (Å²) in [5.41, 5.74) is 4.47. The molecule has 1 atom stereocenters. The minimum Gasteiger partial charge on any atom is -0.490 e. The number of fused-ring (bicyclic) bond motifs is 1. The van der Waals surface area contributed by atoms with Crippen molar-refractivity contribution in [3.05, 3.63) is 60.3 Å². The van der Waals surface area contributed by atoms with Gasteiger partial charge in [0.15, 0.2) is 6.17 Å². The van der Waals surface area contributed by atoms with E-state index in [1.165, 1.54) is 6.92 Å². The zero-order chi connectivity index (χ0) is 20.4. The van der Waals surface area contributed by atoms with Crippen LogP contribution in [-0.2, 0) is 4.79 Å². The van der Waals surface area contributed by atoms with Crippen LogP contribution in [0.3, 0.4) is 0 Å². The molecule has 1 aliphatic rings. The number of amides is 1. The summed E-state index contributed by atoms with van der Waals surface area (Å²) in [5.74, 6) is 0.391. The highest BCUT2D eigenvalue weighted by molar-refractivity contribution is 5.88. The van der Waals surface area contributed by atoms with Gasteiger partial charge in [-0.05, 0) is 48.7 Å². The summed E-state index contributed by atoms with van der Waals surface area (Å²) >= 11 is 0. The molecule has 4 nitrogen and oxygen atoms in total.